The lowest BCUT2D eigenvalue weighted by atomic mass is 10.1. The van der Waals surface area contributed by atoms with Gasteiger partial charge in [0.2, 0.25) is 0 Å². The molecule has 0 bridgehead atoms. The molecule has 170 valence electrons. The summed E-state index contributed by atoms with van der Waals surface area (Å²) >= 11 is 8.70. The first-order chi connectivity index (χ1) is 15.7. The van der Waals surface area contributed by atoms with Gasteiger partial charge in [-0.05, 0) is 87.1 Å². The Morgan fingerprint density at radius 2 is 1.67 bits per heavy atom. The van der Waals surface area contributed by atoms with Gasteiger partial charge >= 0.3 is 0 Å². The third-order valence-corrected chi connectivity index (χ3v) is 5.24. The van der Waals surface area contributed by atoms with E-state index in [0.29, 0.717) is 28.3 Å². The van der Waals surface area contributed by atoms with Crippen LogP contribution in [-0.2, 0) is 0 Å². The fourth-order valence-electron chi connectivity index (χ4n) is 3.03. The fraction of sp³-hybridized carbons (Fsp3) is 0.160. The number of carbonyl (C=O) groups excluding carboxylic acids is 2. The quantitative estimate of drug-likeness (QED) is 0.348. The number of nitrogens with one attached hydrogen (secondary N) is 3. The predicted octanol–water partition coefficient (Wildman–Crippen LogP) is 5.92. The molecule has 0 radical (unpaired) electrons. The second-order valence-electron chi connectivity index (χ2n) is 7.57. The van der Waals surface area contributed by atoms with Gasteiger partial charge in [0.25, 0.3) is 11.8 Å². The molecule has 0 aromatic heterocycles. The molecular formula is C25H24BrN3O3S. The number of anilines is 2. The Labute approximate surface area is 206 Å². The minimum atomic E-state index is -0.382. The topological polar surface area (TPSA) is 79.5 Å². The molecule has 6 nitrogen and oxygen atoms in total. The van der Waals surface area contributed by atoms with Crippen LogP contribution in [0.2, 0.25) is 0 Å². The van der Waals surface area contributed by atoms with E-state index in [1.54, 1.807) is 36.4 Å². The zero-order valence-corrected chi connectivity index (χ0v) is 20.8. The number of aryl methyl sites for hydroxylation is 1. The van der Waals surface area contributed by atoms with Crippen molar-refractivity contribution in [3.8, 4) is 5.75 Å². The van der Waals surface area contributed by atoms with Crippen molar-refractivity contribution in [1.29, 1.82) is 0 Å². The van der Waals surface area contributed by atoms with Gasteiger partial charge in [0.1, 0.15) is 5.75 Å². The van der Waals surface area contributed by atoms with E-state index in [1.807, 2.05) is 51.1 Å². The molecule has 0 unspecified atom stereocenters. The van der Waals surface area contributed by atoms with Crippen LogP contribution in [0.3, 0.4) is 0 Å². The third-order valence-electron chi connectivity index (χ3n) is 4.54. The summed E-state index contributed by atoms with van der Waals surface area (Å²) in [7, 11) is 0. The number of benzene rings is 3. The van der Waals surface area contributed by atoms with Crippen molar-refractivity contribution in [2.45, 2.75) is 26.9 Å². The maximum absolute atomic E-state index is 12.8. The molecule has 0 aliphatic rings. The summed E-state index contributed by atoms with van der Waals surface area (Å²) < 4.78 is 6.49. The molecule has 0 heterocycles. The molecule has 3 aromatic rings. The van der Waals surface area contributed by atoms with Gasteiger partial charge in [0.15, 0.2) is 5.11 Å². The van der Waals surface area contributed by atoms with Gasteiger partial charge in [-0.15, -0.1) is 0 Å². The van der Waals surface area contributed by atoms with Gasteiger partial charge < -0.3 is 15.4 Å². The Balaban J connectivity index is 1.65. The van der Waals surface area contributed by atoms with Gasteiger partial charge in [-0.3, -0.25) is 14.9 Å². The van der Waals surface area contributed by atoms with Gasteiger partial charge in [-0.25, -0.2) is 0 Å². The van der Waals surface area contributed by atoms with E-state index in [0.717, 1.165) is 10.0 Å². The molecule has 3 N–H and O–H groups in total. The highest BCUT2D eigenvalue weighted by atomic mass is 79.9. The molecule has 0 atom stereocenters. The van der Waals surface area contributed by atoms with Crippen molar-refractivity contribution < 1.29 is 14.3 Å². The molecule has 8 heteroatoms. The van der Waals surface area contributed by atoms with Crippen molar-refractivity contribution in [3.05, 3.63) is 87.9 Å². The van der Waals surface area contributed by atoms with E-state index in [4.69, 9.17) is 17.0 Å². The molecule has 0 saturated heterocycles. The highest BCUT2D eigenvalue weighted by Gasteiger charge is 2.16. The van der Waals surface area contributed by atoms with Crippen LogP contribution in [0.1, 0.15) is 40.1 Å². The van der Waals surface area contributed by atoms with Gasteiger partial charge in [-0.2, -0.15) is 0 Å². The third kappa shape index (κ3) is 6.87. The average Bonchev–Trinajstić information content (AvgIpc) is 2.77. The van der Waals surface area contributed by atoms with E-state index in [2.05, 4.69) is 31.9 Å². The van der Waals surface area contributed by atoms with Gasteiger partial charge in [-0.1, -0.05) is 34.1 Å². The van der Waals surface area contributed by atoms with Crippen molar-refractivity contribution in [2.75, 3.05) is 10.6 Å². The van der Waals surface area contributed by atoms with E-state index < -0.39 is 0 Å². The maximum atomic E-state index is 12.8. The Hall–Kier alpha value is -3.23. The number of amides is 2. The minimum Gasteiger partial charge on any atom is -0.490 e. The standard InChI is InChI=1S/C25H24BrN3O3S/c1-15(2)32-22-12-9-18(26)14-20(22)24(31)29-25(33)27-19-10-11-21(16(3)13-19)28-23(30)17-7-5-4-6-8-17/h4-15H,1-3H3,(H,28,30)(H2,27,29,31,33). The number of rotatable bonds is 6. The molecule has 0 aliphatic heterocycles. The van der Waals surface area contributed by atoms with Crippen LogP contribution in [0.25, 0.3) is 0 Å². The molecule has 0 fully saturated rings. The molecule has 0 aliphatic carbocycles. The smallest absolute Gasteiger partial charge is 0.261 e. The van der Waals surface area contributed by atoms with Crippen LogP contribution >= 0.6 is 28.1 Å². The lowest BCUT2D eigenvalue weighted by molar-refractivity contribution is 0.0970. The molecule has 2 amide bonds. The first-order valence-corrected chi connectivity index (χ1v) is 11.5. The first-order valence-electron chi connectivity index (χ1n) is 10.3. The van der Waals surface area contributed by atoms with Gasteiger partial charge in [0, 0.05) is 21.4 Å². The van der Waals surface area contributed by atoms with Crippen molar-refractivity contribution >= 4 is 56.4 Å². The highest BCUT2D eigenvalue weighted by molar-refractivity contribution is 9.10. The largest absolute Gasteiger partial charge is 0.490 e. The number of ether oxygens (including phenoxy) is 1. The number of hydrogen-bond acceptors (Lipinski definition) is 4. The fourth-order valence-corrected chi connectivity index (χ4v) is 3.61. The first kappa shape index (κ1) is 24.4. The summed E-state index contributed by atoms with van der Waals surface area (Å²) in [6, 6.07) is 19.6. The van der Waals surface area contributed by atoms with Crippen LogP contribution in [0, 0.1) is 6.92 Å². The van der Waals surface area contributed by atoms with Crippen LogP contribution in [0.4, 0.5) is 11.4 Å². The molecular weight excluding hydrogens is 502 g/mol. The number of carbonyl (C=O) groups is 2. The average molecular weight is 526 g/mol. The predicted molar refractivity (Wildman–Crippen MR) is 139 cm³/mol. The van der Waals surface area contributed by atoms with Crippen LogP contribution in [-0.4, -0.2) is 23.0 Å². The second-order valence-corrected chi connectivity index (χ2v) is 8.89. The summed E-state index contributed by atoms with van der Waals surface area (Å²) in [6.45, 7) is 5.67. The number of thiocarbonyl (C=S) groups is 1. The molecule has 0 saturated carbocycles. The Kier molecular flexibility index (Phi) is 8.19. The SMILES string of the molecule is Cc1cc(NC(=S)NC(=O)c2cc(Br)ccc2OC(C)C)ccc1NC(=O)c1ccccc1. The van der Waals surface area contributed by atoms with Crippen molar-refractivity contribution in [3.63, 3.8) is 0 Å². The van der Waals surface area contributed by atoms with E-state index in [-0.39, 0.29) is 23.0 Å². The second kappa shape index (κ2) is 11.1. The van der Waals surface area contributed by atoms with Crippen LogP contribution < -0.4 is 20.7 Å². The normalized spacial score (nSPS) is 10.5. The summed E-state index contributed by atoms with van der Waals surface area (Å²) in [5, 5.41) is 8.74. The Morgan fingerprint density at radius 3 is 2.33 bits per heavy atom. The minimum absolute atomic E-state index is 0.0772. The molecule has 0 spiro atoms. The van der Waals surface area contributed by atoms with Crippen LogP contribution in [0.15, 0.2) is 71.2 Å². The van der Waals surface area contributed by atoms with Crippen molar-refractivity contribution in [1.82, 2.24) is 5.32 Å². The maximum Gasteiger partial charge on any atom is 0.261 e. The lowest BCUT2D eigenvalue weighted by Crippen LogP contribution is -2.34. The van der Waals surface area contributed by atoms with Crippen LogP contribution in [0.5, 0.6) is 5.75 Å². The lowest BCUT2D eigenvalue weighted by Gasteiger charge is -2.16. The summed E-state index contributed by atoms with van der Waals surface area (Å²) in [5.74, 6) is -0.0913. The van der Waals surface area contributed by atoms with Crippen molar-refractivity contribution in [2.24, 2.45) is 0 Å². The van der Waals surface area contributed by atoms with E-state index >= 15 is 0 Å². The monoisotopic (exact) mass is 525 g/mol. The molecule has 3 rings (SSSR count). The van der Waals surface area contributed by atoms with E-state index in [9.17, 15) is 9.59 Å². The number of hydrogen-bond donors (Lipinski definition) is 3. The summed E-state index contributed by atoms with van der Waals surface area (Å²) in [4.78, 5) is 25.2. The van der Waals surface area contributed by atoms with Gasteiger partial charge in [0.05, 0.1) is 11.7 Å². The van der Waals surface area contributed by atoms with E-state index in [1.165, 1.54) is 0 Å². The highest BCUT2D eigenvalue weighted by Crippen LogP contribution is 2.25. The summed E-state index contributed by atoms with van der Waals surface area (Å²) in [6.07, 6.45) is -0.0772. The summed E-state index contributed by atoms with van der Waals surface area (Å²) in [5.41, 5.74) is 3.17. The Morgan fingerprint density at radius 1 is 0.939 bits per heavy atom. The zero-order chi connectivity index (χ0) is 24.0. The molecule has 33 heavy (non-hydrogen) atoms. The zero-order valence-electron chi connectivity index (χ0n) is 18.4. The molecule has 3 aromatic carbocycles. The Bertz CT molecular complexity index is 1180. The number of halogens is 1.